The Morgan fingerprint density at radius 3 is 2.71 bits per heavy atom. The normalized spacial score (nSPS) is 11.7. The number of rotatable bonds is 5. The summed E-state index contributed by atoms with van der Waals surface area (Å²) in [4.78, 5) is 12.3. The Balaban J connectivity index is 1.61. The van der Waals surface area contributed by atoms with Crippen LogP contribution >= 0.6 is 0 Å². The first-order chi connectivity index (χ1) is 11.8. The third-order valence-corrected chi connectivity index (χ3v) is 3.87. The van der Waals surface area contributed by atoms with Gasteiger partial charge in [0.1, 0.15) is 0 Å². The lowest BCUT2D eigenvalue weighted by molar-refractivity contribution is 0.693. The van der Waals surface area contributed by atoms with Crippen molar-refractivity contribution >= 4 is 34.2 Å². The number of fused-ring (bicyclic) bond motifs is 2. The molecule has 0 aliphatic carbocycles. The maximum Gasteiger partial charge on any atom is 0.222 e. The number of H-pyrrole nitrogens is 1. The van der Waals surface area contributed by atoms with Crippen LogP contribution in [0.3, 0.4) is 0 Å². The van der Waals surface area contributed by atoms with E-state index in [1.165, 1.54) is 0 Å². The molecule has 0 amide bonds. The monoisotopic (exact) mass is 318 g/mol. The van der Waals surface area contributed by atoms with Crippen LogP contribution in [0, 0.1) is 0 Å². The van der Waals surface area contributed by atoms with E-state index in [2.05, 4.69) is 43.0 Å². The van der Waals surface area contributed by atoms with Crippen molar-refractivity contribution < 1.29 is 0 Å². The van der Waals surface area contributed by atoms with E-state index < -0.39 is 0 Å². The van der Waals surface area contributed by atoms with Gasteiger partial charge in [0.25, 0.3) is 0 Å². The van der Waals surface area contributed by atoms with Gasteiger partial charge in [-0.05, 0) is 30.7 Å². The number of imidazole rings is 2. The standard InChI is InChI=1S/C18H18N6/c1-2-11-24-16-10-6-5-9-15(16)20-17(24)12-19-23-18-21-13-7-3-4-8-14(13)22-18/h3-10,12H,2,11H2,1H3,(H2,21,22,23)/b19-12+. The van der Waals surface area contributed by atoms with E-state index in [1.54, 1.807) is 6.21 Å². The third-order valence-electron chi connectivity index (χ3n) is 3.87. The molecule has 0 aliphatic rings. The molecule has 0 fully saturated rings. The first-order valence-electron chi connectivity index (χ1n) is 8.04. The number of nitrogens with zero attached hydrogens (tertiary/aromatic N) is 4. The lowest BCUT2D eigenvalue weighted by Gasteiger charge is -2.03. The van der Waals surface area contributed by atoms with Gasteiger partial charge in [-0.3, -0.25) is 0 Å². The summed E-state index contributed by atoms with van der Waals surface area (Å²) in [5, 5.41) is 4.29. The van der Waals surface area contributed by atoms with Gasteiger partial charge in [-0.2, -0.15) is 5.10 Å². The minimum absolute atomic E-state index is 0.616. The van der Waals surface area contributed by atoms with E-state index in [0.717, 1.165) is 40.9 Å². The van der Waals surface area contributed by atoms with Crippen LogP contribution in [0.4, 0.5) is 5.95 Å². The number of hydrazone groups is 1. The number of aryl methyl sites for hydroxylation is 1. The number of hydrogen-bond donors (Lipinski definition) is 2. The fourth-order valence-electron chi connectivity index (χ4n) is 2.81. The summed E-state index contributed by atoms with van der Waals surface area (Å²) in [6.07, 6.45) is 2.78. The summed E-state index contributed by atoms with van der Waals surface area (Å²) in [6, 6.07) is 16.0. The number of anilines is 1. The van der Waals surface area contributed by atoms with Gasteiger partial charge in [-0.1, -0.05) is 31.2 Å². The zero-order chi connectivity index (χ0) is 16.4. The van der Waals surface area contributed by atoms with Gasteiger partial charge in [0.2, 0.25) is 5.95 Å². The van der Waals surface area contributed by atoms with Crippen molar-refractivity contribution in [2.24, 2.45) is 5.10 Å². The summed E-state index contributed by atoms with van der Waals surface area (Å²) in [5.41, 5.74) is 6.95. The molecule has 120 valence electrons. The SMILES string of the molecule is CCCn1c(/C=N/Nc2nc3ccccc3[nH]2)nc2ccccc21. The quantitative estimate of drug-likeness (QED) is 0.435. The second-order valence-electron chi connectivity index (χ2n) is 5.58. The lowest BCUT2D eigenvalue weighted by atomic mass is 10.3. The molecule has 0 atom stereocenters. The average Bonchev–Trinajstić information content (AvgIpc) is 3.17. The van der Waals surface area contributed by atoms with Gasteiger partial charge in [-0.25, -0.2) is 15.4 Å². The predicted molar refractivity (Wildman–Crippen MR) is 97.3 cm³/mol. The van der Waals surface area contributed by atoms with Crippen LogP contribution in [-0.2, 0) is 6.54 Å². The molecule has 0 radical (unpaired) electrons. The van der Waals surface area contributed by atoms with E-state index in [0.29, 0.717) is 5.95 Å². The van der Waals surface area contributed by atoms with E-state index in [9.17, 15) is 0 Å². The molecule has 24 heavy (non-hydrogen) atoms. The molecule has 4 aromatic rings. The zero-order valence-corrected chi connectivity index (χ0v) is 13.4. The van der Waals surface area contributed by atoms with Crippen molar-refractivity contribution in [1.29, 1.82) is 0 Å². The molecule has 2 aromatic heterocycles. The first-order valence-corrected chi connectivity index (χ1v) is 8.04. The molecule has 6 heteroatoms. The molecular formula is C18H18N6. The molecule has 4 rings (SSSR count). The van der Waals surface area contributed by atoms with Gasteiger partial charge >= 0.3 is 0 Å². The molecule has 0 spiro atoms. The summed E-state index contributed by atoms with van der Waals surface area (Å²) >= 11 is 0. The largest absolute Gasteiger partial charge is 0.323 e. The van der Waals surface area contributed by atoms with Crippen LogP contribution in [-0.4, -0.2) is 25.7 Å². The van der Waals surface area contributed by atoms with Crippen LogP contribution in [0.2, 0.25) is 0 Å². The highest BCUT2D eigenvalue weighted by molar-refractivity contribution is 5.85. The topological polar surface area (TPSA) is 70.9 Å². The Bertz CT molecular complexity index is 978. The maximum atomic E-state index is 4.65. The fraction of sp³-hybridized carbons (Fsp3) is 0.167. The van der Waals surface area contributed by atoms with E-state index >= 15 is 0 Å². The van der Waals surface area contributed by atoms with Crippen molar-refractivity contribution in [2.45, 2.75) is 19.9 Å². The van der Waals surface area contributed by atoms with Crippen LogP contribution < -0.4 is 5.43 Å². The highest BCUT2D eigenvalue weighted by atomic mass is 15.4. The van der Waals surface area contributed by atoms with Gasteiger partial charge in [0.05, 0.1) is 28.3 Å². The summed E-state index contributed by atoms with van der Waals surface area (Å²) < 4.78 is 2.18. The molecule has 6 nitrogen and oxygen atoms in total. The third kappa shape index (κ3) is 2.62. The van der Waals surface area contributed by atoms with Crippen molar-refractivity contribution in [3.63, 3.8) is 0 Å². The van der Waals surface area contributed by atoms with Gasteiger partial charge in [-0.15, -0.1) is 0 Å². The number of nitrogens with one attached hydrogen (secondary N) is 2. The van der Waals surface area contributed by atoms with Crippen LogP contribution in [0.25, 0.3) is 22.1 Å². The minimum atomic E-state index is 0.616. The summed E-state index contributed by atoms with van der Waals surface area (Å²) in [7, 11) is 0. The van der Waals surface area contributed by atoms with Gasteiger partial charge in [0, 0.05) is 6.54 Å². The Labute approximate surface area is 139 Å². The fourth-order valence-corrected chi connectivity index (χ4v) is 2.81. The van der Waals surface area contributed by atoms with E-state index in [4.69, 9.17) is 0 Å². The molecule has 0 saturated heterocycles. The lowest BCUT2D eigenvalue weighted by Crippen LogP contribution is -2.03. The van der Waals surface area contributed by atoms with Crippen molar-refractivity contribution in [3.8, 4) is 0 Å². The second-order valence-corrected chi connectivity index (χ2v) is 5.58. The van der Waals surface area contributed by atoms with E-state index in [-0.39, 0.29) is 0 Å². The van der Waals surface area contributed by atoms with Crippen LogP contribution in [0.5, 0.6) is 0 Å². The average molecular weight is 318 g/mol. The molecule has 2 aromatic carbocycles. The number of hydrogen-bond acceptors (Lipinski definition) is 4. The number of para-hydroxylation sites is 4. The van der Waals surface area contributed by atoms with Crippen LogP contribution in [0.15, 0.2) is 53.6 Å². The Hall–Kier alpha value is -3.15. The summed E-state index contributed by atoms with van der Waals surface area (Å²) in [5.74, 6) is 1.45. The smallest absolute Gasteiger partial charge is 0.222 e. The molecule has 0 bridgehead atoms. The summed E-state index contributed by atoms with van der Waals surface area (Å²) in [6.45, 7) is 3.06. The molecule has 0 unspecified atom stereocenters. The molecule has 0 aliphatic heterocycles. The van der Waals surface area contributed by atoms with Crippen molar-refractivity contribution in [2.75, 3.05) is 5.43 Å². The second kappa shape index (κ2) is 6.16. The van der Waals surface area contributed by atoms with Crippen molar-refractivity contribution in [1.82, 2.24) is 19.5 Å². The first kappa shape index (κ1) is 14.4. The highest BCUT2D eigenvalue weighted by Crippen LogP contribution is 2.16. The molecule has 2 N–H and O–H groups in total. The molecule has 0 saturated carbocycles. The Morgan fingerprint density at radius 2 is 1.88 bits per heavy atom. The van der Waals surface area contributed by atoms with Gasteiger partial charge in [0.15, 0.2) is 5.82 Å². The van der Waals surface area contributed by atoms with Crippen molar-refractivity contribution in [3.05, 3.63) is 54.4 Å². The number of benzene rings is 2. The highest BCUT2D eigenvalue weighted by Gasteiger charge is 2.07. The zero-order valence-electron chi connectivity index (χ0n) is 13.4. The maximum absolute atomic E-state index is 4.65. The molecular weight excluding hydrogens is 300 g/mol. The predicted octanol–water partition coefficient (Wildman–Crippen LogP) is 3.77. The molecule has 2 heterocycles. The Morgan fingerprint density at radius 1 is 1.08 bits per heavy atom. The Kier molecular flexibility index (Phi) is 3.70. The number of aromatic amines is 1. The van der Waals surface area contributed by atoms with Gasteiger partial charge < -0.3 is 9.55 Å². The van der Waals surface area contributed by atoms with Crippen LogP contribution in [0.1, 0.15) is 19.2 Å². The number of aromatic nitrogens is 4. The van der Waals surface area contributed by atoms with E-state index in [1.807, 2.05) is 42.5 Å². The minimum Gasteiger partial charge on any atom is -0.323 e.